The molecule has 1 unspecified atom stereocenters. The van der Waals surface area contributed by atoms with E-state index in [2.05, 4.69) is 48.0 Å². The molecule has 3 rings (SSSR count). The third-order valence-corrected chi connectivity index (χ3v) is 4.02. The lowest BCUT2D eigenvalue weighted by molar-refractivity contribution is 0.500. The fraction of sp³-hybridized carbons (Fsp3) is 0.412. The molecule has 1 atom stereocenters. The van der Waals surface area contributed by atoms with E-state index < -0.39 is 0 Å². The van der Waals surface area contributed by atoms with Crippen molar-refractivity contribution >= 4 is 5.95 Å². The predicted octanol–water partition coefficient (Wildman–Crippen LogP) is 2.69. The summed E-state index contributed by atoms with van der Waals surface area (Å²) < 4.78 is 0. The average molecular weight is 282 g/mol. The van der Waals surface area contributed by atoms with Crippen molar-refractivity contribution in [2.45, 2.75) is 32.7 Å². The zero-order valence-electron chi connectivity index (χ0n) is 12.7. The standard InChI is InChI=1S/C17H22N4/c1-12-5-7-14(8-6-12)16-13(2)10-19-17(20-16)21-9-3-4-15(18)11-21/h5-8,10,15H,3-4,9,11,18H2,1-2H3. The normalized spacial score (nSPS) is 18.8. The summed E-state index contributed by atoms with van der Waals surface area (Å²) in [5, 5.41) is 0. The van der Waals surface area contributed by atoms with Crippen LogP contribution in [0.3, 0.4) is 0 Å². The highest BCUT2D eigenvalue weighted by molar-refractivity contribution is 5.64. The molecule has 0 radical (unpaired) electrons. The fourth-order valence-corrected chi connectivity index (χ4v) is 2.78. The number of piperidine rings is 1. The number of aromatic nitrogens is 2. The molecule has 1 fully saturated rings. The molecule has 2 aromatic rings. The van der Waals surface area contributed by atoms with Gasteiger partial charge in [-0.25, -0.2) is 9.97 Å². The van der Waals surface area contributed by atoms with Crippen molar-refractivity contribution in [3.63, 3.8) is 0 Å². The Morgan fingerprint density at radius 3 is 2.67 bits per heavy atom. The summed E-state index contributed by atoms with van der Waals surface area (Å²) in [6.07, 6.45) is 4.11. The van der Waals surface area contributed by atoms with Gasteiger partial charge in [-0.15, -0.1) is 0 Å². The molecule has 1 aromatic heterocycles. The molecule has 21 heavy (non-hydrogen) atoms. The summed E-state index contributed by atoms with van der Waals surface area (Å²) in [4.78, 5) is 11.5. The molecule has 4 heteroatoms. The predicted molar refractivity (Wildman–Crippen MR) is 86.4 cm³/mol. The molecule has 0 aliphatic carbocycles. The van der Waals surface area contributed by atoms with Gasteiger partial charge in [0, 0.05) is 30.9 Å². The topological polar surface area (TPSA) is 55.0 Å². The highest BCUT2D eigenvalue weighted by atomic mass is 15.3. The zero-order chi connectivity index (χ0) is 14.8. The molecule has 1 saturated heterocycles. The van der Waals surface area contributed by atoms with E-state index in [4.69, 9.17) is 10.7 Å². The molecule has 1 aromatic carbocycles. The van der Waals surface area contributed by atoms with Crippen LogP contribution in [0.2, 0.25) is 0 Å². The van der Waals surface area contributed by atoms with Crippen LogP contribution in [0.4, 0.5) is 5.95 Å². The van der Waals surface area contributed by atoms with E-state index in [1.54, 1.807) is 0 Å². The Bertz CT molecular complexity index is 621. The summed E-state index contributed by atoms with van der Waals surface area (Å²) in [7, 11) is 0. The van der Waals surface area contributed by atoms with Gasteiger partial charge in [-0.2, -0.15) is 0 Å². The minimum absolute atomic E-state index is 0.228. The van der Waals surface area contributed by atoms with Crippen molar-refractivity contribution in [3.05, 3.63) is 41.6 Å². The molecular formula is C17H22N4. The third-order valence-electron chi connectivity index (χ3n) is 4.02. The number of hydrogen-bond acceptors (Lipinski definition) is 4. The molecule has 1 aliphatic rings. The van der Waals surface area contributed by atoms with Crippen molar-refractivity contribution in [3.8, 4) is 11.3 Å². The van der Waals surface area contributed by atoms with Crippen LogP contribution >= 0.6 is 0 Å². The summed E-state index contributed by atoms with van der Waals surface area (Å²) in [5.74, 6) is 0.798. The lowest BCUT2D eigenvalue weighted by Gasteiger charge is -2.31. The summed E-state index contributed by atoms with van der Waals surface area (Å²) >= 11 is 0. The number of hydrogen-bond donors (Lipinski definition) is 1. The van der Waals surface area contributed by atoms with E-state index in [9.17, 15) is 0 Å². The molecule has 0 amide bonds. The van der Waals surface area contributed by atoms with Gasteiger partial charge in [0.1, 0.15) is 0 Å². The average Bonchev–Trinajstić information content (AvgIpc) is 2.49. The molecule has 110 valence electrons. The Balaban J connectivity index is 1.94. The largest absolute Gasteiger partial charge is 0.339 e. The van der Waals surface area contributed by atoms with Gasteiger partial charge in [0.2, 0.25) is 5.95 Å². The molecule has 2 N–H and O–H groups in total. The van der Waals surface area contributed by atoms with Crippen LogP contribution in [-0.2, 0) is 0 Å². The Labute approximate surface area is 126 Å². The molecule has 0 bridgehead atoms. The number of rotatable bonds is 2. The van der Waals surface area contributed by atoms with Gasteiger partial charge in [0.25, 0.3) is 0 Å². The molecular weight excluding hydrogens is 260 g/mol. The number of nitrogens with zero attached hydrogens (tertiary/aromatic N) is 3. The van der Waals surface area contributed by atoms with Gasteiger partial charge < -0.3 is 10.6 Å². The first-order valence-corrected chi connectivity index (χ1v) is 7.54. The number of benzene rings is 1. The number of anilines is 1. The van der Waals surface area contributed by atoms with Crippen molar-refractivity contribution in [2.24, 2.45) is 5.73 Å². The first-order valence-electron chi connectivity index (χ1n) is 7.54. The SMILES string of the molecule is Cc1ccc(-c2nc(N3CCCC(N)C3)ncc2C)cc1. The van der Waals surface area contributed by atoms with E-state index >= 15 is 0 Å². The van der Waals surface area contributed by atoms with Crippen LogP contribution in [0.5, 0.6) is 0 Å². The van der Waals surface area contributed by atoms with E-state index in [0.717, 1.165) is 48.7 Å². The maximum Gasteiger partial charge on any atom is 0.225 e. The Kier molecular flexibility index (Phi) is 3.88. The second-order valence-corrected chi connectivity index (χ2v) is 5.92. The highest BCUT2D eigenvalue weighted by Gasteiger charge is 2.19. The minimum Gasteiger partial charge on any atom is -0.339 e. The second-order valence-electron chi connectivity index (χ2n) is 5.92. The van der Waals surface area contributed by atoms with Gasteiger partial charge in [-0.1, -0.05) is 29.8 Å². The summed E-state index contributed by atoms with van der Waals surface area (Å²) in [6.45, 7) is 5.98. The fourth-order valence-electron chi connectivity index (χ4n) is 2.78. The van der Waals surface area contributed by atoms with E-state index in [1.807, 2.05) is 6.20 Å². The molecule has 4 nitrogen and oxygen atoms in total. The molecule has 1 aliphatic heterocycles. The van der Waals surface area contributed by atoms with E-state index in [0.29, 0.717) is 0 Å². The van der Waals surface area contributed by atoms with Crippen molar-refractivity contribution in [1.29, 1.82) is 0 Å². The van der Waals surface area contributed by atoms with Gasteiger partial charge in [-0.3, -0.25) is 0 Å². The maximum absolute atomic E-state index is 6.06. The van der Waals surface area contributed by atoms with Crippen LogP contribution in [0.15, 0.2) is 30.5 Å². The van der Waals surface area contributed by atoms with E-state index in [-0.39, 0.29) is 6.04 Å². The molecule has 0 spiro atoms. The molecule has 0 saturated carbocycles. The zero-order valence-corrected chi connectivity index (χ0v) is 12.7. The van der Waals surface area contributed by atoms with E-state index in [1.165, 1.54) is 5.56 Å². The lowest BCUT2D eigenvalue weighted by atomic mass is 10.1. The van der Waals surface area contributed by atoms with Gasteiger partial charge in [0.15, 0.2) is 0 Å². The maximum atomic E-state index is 6.06. The van der Waals surface area contributed by atoms with Gasteiger partial charge >= 0.3 is 0 Å². The van der Waals surface area contributed by atoms with Crippen molar-refractivity contribution in [2.75, 3.05) is 18.0 Å². The van der Waals surface area contributed by atoms with Crippen LogP contribution < -0.4 is 10.6 Å². The smallest absolute Gasteiger partial charge is 0.225 e. The quantitative estimate of drug-likeness (QED) is 0.920. The van der Waals surface area contributed by atoms with Crippen molar-refractivity contribution < 1.29 is 0 Å². The number of aryl methyl sites for hydroxylation is 2. The first kappa shape index (κ1) is 14.0. The molecule has 2 heterocycles. The summed E-state index contributed by atoms with van der Waals surface area (Å²) in [5.41, 5.74) is 10.6. The van der Waals surface area contributed by atoms with Crippen molar-refractivity contribution in [1.82, 2.24) is 9.97 Å². The second kappa shape index (κ2) is 5.82. The van der Waals surface area contributed by atoms with Gasteiger partial charge in [-0.05, 0) is 32.3 Å². The monoisotopic (exact) mass is 282 g/mol. The first-order chi connectivity index (χ1) is 10.1. The number of nitrogens with two attached hydrogens (primary N) is 1. The third kappa shape index (κ3) is 3.05. The Hall–Kier alpha value is -1.94. The van der Waals surface area contributed by atoms with Crippen LogP contribution in [0.1, 0.15) is 24.0 Å². The van der Waals surface area contributed by atoms with Crippen LogP contribution in [-0.4, -0.2) is 29.1 Å². The Morgan fingerprint density at radius 1 is 1.19 bits per heavy atom. The Morgan fingerprint density at radius 2 is 1.95 bits per heavy atom. The minimum atomic E-state index is 0.228. The van der Waals surface area contributed by atoms with Crippen LogP contribution in [0.25, 0.3) is 11.3 Å². The van der Waals surface area contributed by atoms with Gasteiger partial charge in [0.05, 0.1) is 5.69 Å². The highest BCUT2D eigenvalue weighted by Crippen LogP contribution is 2.24. The lowest BCUT2D eigenvalue weighted by Crippen LogP contribution is -2.43. The summed E-state index contributed by atoms with van der Waals surface area (Å²) in [6, 6.07) is 8.71. The van der Waals surface area contributed by atoms with Crippen LogP contribution in [0, 0.1) is 13.8 Å².